The van der Waals surface area contributed by atoms with E-state index in [1.807, 2.05) is 0 Å². The summed E-state index contributed by atoms with van der Waals surface area (Å²) in [6.45, 7) is 0. The van der Waals surface area contributed by atoms with Gasteiger partial charge in [0.05, 0.1) is 11.2 Å². The number of nitrogens with one attached hydrogen (secondary N) is 1. The lowest BCUT2D eigenvalue weighted by atomic mass is 10.2. The normalized spacial score (nSPS) is 10.7. The maximum atomic E-state index is 12.9. The minimum Gasteiger partial charge on any atom is -0.351 e. The number of halogens is 1. The molecule has 0 atom stereocenters. The number of nitrogens with two attached hydrogens (primary N) is 1. The van der Waals surface area contributed by atoms with Gasteiger partial charge in [0.2, 0.25) is 0 Å². The predicted molar refractivity (Wildman–Crippen MR) is 75.7 cm³/mol. The second kappa shape index (κ2) is 4.78. The molecule has 6 nitrogen and oxygen atoms in total. The molecule has 1 aromatic carbocycles. The summed E-state index contributed by atoms with van der Waals surface area (Å²) in [7, 11) is 0. The zero-order chi connectivity index (χ0) is 15.0. The zero-order valence-corrected chi connectivity index (χ0v) is 10.8. The number of anilines is 1. The van der Waals surface area contributed by atoms with Crippen molar-refractivity contribution in [2.75, 3.05) is 5.32 Å². The number of para-hydroxylation sites is 1. The van der Waals surface area contributed by atoms with Crippen LogP contribution >= 0.6 is 0 Å². The topological polar surface area (TPSA) is 82.1 Å². The molecule has 0 bridgehead atoms. The van der Waals surface area contributed by atoms with E-state index < -0.39 is 17.9 Å². The van der Waals surface area contributed by atoms with E-state index in [4.69, 9.17) is 5.73 Å². The molecule has 3 N–H and O–H groups in total. The van der Waals surface area contributed by atoms with Crippen molar-refractivity contribution in [3.8, 4) is 0 Å². The summed E-state index contributed by atoms with van der Waals surface area (Å²) in [6.07, 6.45) is 3.80. The quantitative estimate of drug-likeness (QED) is 0.720. The molecule has 7 heteroatoms. The Hall–Kier alpha value is -3.09. The minimum atomic E-state index is -0.654. The van der Waals surface area contributed by atoms with Gasteiger partial charge in [0, 0.05) is 24.0 Å². The van der Waals surface area contributed by atoms with Gasteiger partial charge in [-0.05, 0) is 12.1 Å². The van der Waals surface area contributed by atoms with Crippen LogP contribution in [0.4, 0.5) is 19.7 Å². The predicted octanol–water partition coefficient (Wildman–Crippen LogP) is 2.59. The standard InChI is InChI=1S/C14H11FN4O2/c15-9-5-6-18(7-9)14(21)17-11-8-19(13(16)20)12-4-2-1-3-10(11)12/h1-8H,(H2,16,20)(H,17,21). The van der Waals surface area contributed by atoms with E-state index in [9.17, 15) is 14.0 Å². The number of hydrogen-bond donors (Lipinski definition) is 2. The van der Waals surface area contributed by atoms with Crippen LogP contribution in [0.1, 0.15) is 0 Å². The van der Waals surface area contributed by atoms with Crippen molar-refractivity contribution < 1.29 is 14.0 Å². The summed E-state index contributed by atoms with van der Waals surface area (Å²) in [5.41, 5.74) is 6.30. The first kappa shape index (κ1) is 12.9. The molecule has 106 valence electrons. The number of carbonyl (C=O) groups is 2. The molecule has 3 rings (SSSR count). The summed E-state index contributed by atoms with van der Waals surface area (Å²) in [6, 6.07) is 6.98. The molecule has 0 saturated carbocycles. The van der Waals surface area contributed by atoms with E-state index in [2.05, 4.69) is 5.32 Å². The van der Waals surface area contributed by atoms with Crippen molar-refractivity contribution in [2.45, 2.75) is 0 Å². The fourth-order valence-corrected chi connectivity index (χ4v) is 2.14. The van der Waals surface area contributed by atoms with Gasteiger partial charge in [0.25, 0.3) is 0 Å². The van der Waals surface area contributed by atoms with Gasteiger partial charge < -0.3 is 11.1 Å². The third-order valence-electron chi connectivity index (χ3n) is 3.08. The molecule has 0 aliphatic rings. The lowest BCUT2D eigenvalue weighted by Gasteiger charge is -2.03. The summed E-state index contributed by atoms with van der Waals surface area (Å²) in [5.74, 6) is -0.510. The van der Waals surface area contributed by atoms with E-state index in [0.29, 0.717) is 16.6 Å². The number of primary amides is 1. The van der Waals surface area contributed by atoms with Gasteiger partial charge in [-0.15, -0.1) is 0 Å². The summed E-state index contributed by atoms with van der Waals surface area (Å²) in [4.78, 5) is 23.4. The fourth-order valence-electron chi connectivity index (χ4n) is 2.14. The van der Waals surface area contributed by atoms with Crippen LogP contribution in [0.3, 0.4) is 0 Å². The monoisotopic (exact) mass is 286 g/mol. The van der Waals surface area contributed by atoms with Crippen LogP contribution in [0.15, 0.2) is 48.9 Å². The van der Waals surface area contributed by atoms with Crippen molar-refractivity contribution in [1.82, 2.24) is 9.13 Å². The lowest BCUT2D eigenvalue weighted by molar-refractivity contribution is 0.250. The fraction of sp³-hybridized carbons (Fsp3) is 0. The first-order chi connectivity index (χ1) is 10.1. The zero-order valence-electron chi connectivity index (χ0n) is 10.8. The van der Waals surface area contributed by atoms with Gasteiger partial charge in [-0.3, -0.25) is 9.13 Å². The van der Waals surface area contributed by atoms with E-state index >= 15 is 0 Å². The molecule has 0 fully saturated rings. The molecule has 2 heterocycles. The first-order valence-corrected chi connectivity index (χ1v) is 6.11. The summed E-state index contributed by atoms with van der Waals surface area (Å²) >= 11 is 0. The Morgan fingerprint density at radius 1 is 1.14 bits per heavy atom. The molecule has 2 amide bonds. The van der Waals surface area contributed by atoms with Gasteiger partial charge in [-0.25, -0.2) is 14.0 Å². The molecule has 0 saturated heterocycles. The molecule has 3 aromatic rings. The maximum Gasteiger partial charge on any atom is 0.330 e. The Bertz CT molecular complexity index is 850. The number of fused-ring (bicyclic) bond motifs is 1. The van der Waals surface area contributed by atoms with E-state index in [1.54, 1.807) is 24.3 Å². The highest BCUT2D eigenvalue weighted by Gasteiger charge is 2.14. The Morgan fingerprint density at radius 2 is 1.90 bits per heavy atom. The molecule has 0 aliphatic carbocycles. The second-order valence-corrected chi connectivity index (χ2v) is 4.44. The van der Waals surface area contributed by atoms with Crippen LogP contribution in [0.5, 0.6) is 0 Å². The molecule has 0 spiro atoms. The van der Waals surface area contributed by atoms with Crippen LogP contribution in [0, 0.1) is 5.82 Å². The average Bonchev–Trinajstić information content (AvgIpc) is 3.04. The van der Waals surface area contributed by atoms with Crippen LogP contribution in [-0.2, 0) is 0 Å². The first-order valence-electron chi connectivity index (χ1n) is 6.11. The number of rotatable bonds is 1. The Kier molecular flexibility index (Phi) is 2.94. The third kappa shape index (κ3) is 2.25. The average molecular weight is 286 g/mol. The molecular weight excluding hydrogens is 275 g/mol. The van der Waals surface area contributed by atoms with E-state index in [0.717, 1.165) is 10.8 Å². The molecule has 0 radical (unpaired) electrons. The van der Waals surface area contributed by atoms with Crippen LogP contribution in [-0.4, -0.2) is 21.2 Å². The van der Waals surface area contributed by atoms with Gasteiger partial charge in [-0.1, -0.05) is 18.2 Å². The van der Waals surface area contributed by atoms with Crippen molar-refractivity contribution in [1.29, 1.82) is 0 Å². The molecular formula is C14H11FN4O2. The number of carbonyl (C=O) groups excluding carboxylic acids is 2. The Labute approximate surface area is 118 Å². The highest BCUT2D eigenvalue weighted by molar-refractivity contribution is 6.05. The molecule has 2 aromatic heterocycles. The van der Waals surface area contributed by atoms with E-state index in [1.165, 1.54) is 23.0 Å². The SMILES string of the molecule is NC(=O)n1cc(NC(=O)n2ccc(F)c2)c2ccccc21. The van der Waals surface area contributed by atoms with E-state index in [-0.39, 0.29) is 0 Å². The summed E-state index contributed by atoms with van der Waals surface area (Å²) < 4.78 is 15.2. The van der Waals surface area contributed by atoms with Crippen LogP contribution in [0.25, 0.3) is 10.9 Å². The molecule has 0 aliphatic heterocycles. The maximum absolute atomic E-state index is 12.9. The van der Waals surface area contributed by atoms with Gasteiger partial charge >= 0.3 is 12.1 Å². The van der Waals surface area contributed by atoms with Gasteiger partial charge in [-0.2, -0.15) is 0 Å². The highest BCUT2D eigenvalue weighted by Crippen LogP contribution is 2.25. The molecule has 21 heavy (non-hydrogen) atoms. The summed E-state index contributed by atoms with van der Waals surface area (Å²) in [5, 5.41) is 3.28. The number of amides is 2. The van der Waals surface area contributed by atoms with Crippen LogP contribution in [0.2, 0.25) is 0 Å². The number of nitrogens with zero attached hydrogens (tertiary/aromatic N) is 2. The van der Waals surface area contributed by atoms with Crippen molar-refractivity contribution in [3.63, 3.8) is 0 Å². The van der Waals surface area contributed by atoms with Crippen molar-refractivity contribution >= 4 is 28.7 Å². The smallest absolute Gasteiger partial charge is 0.330 e. The number of aromatic nitrogens is 2. The lowest BCUT2D eigenvalue weighted by Crippen LogP contribution is -2.19. The highest BCUT2D eigenvalue weighted by atomic mass is 19.1. The Balaban J connectivity index is 2.01. The van der Waals surface area contributed by atoms with Crippen molar-refractivity contribution in [2.24, 2.45) is 5.73 Å². The van der Waals surface area contributed by atoms with Gasteiger partial charge in [0.1, 0.15) is 5.82 Å². The molecule has 0 unspecified atom stereocenters. The minimum absolute atomic E-state index is 0.420. The Morgan fingerprint density at radius 3 is 2.57 bits per heavy atom. The van der Waals surface area contributed by atoms with Gasteiger partial charge in [0.15, 0.2) is 0 Å². The second-order valence-electron chi connectivity index (χ2n) is 4.44. The largest absolute Gasteiger partial charge is 0.351 e. The third-order valence-corrected chi connectivity index (χ3v) is 3.08. The van der Waals surface area contributed by atoms with Crippen LogP contribution < -0.4 is 11.1 Å². The van der Waals surface area contributed by atoms with Crippen molar-refractivity contribution in [3.05, 3.63) is 54.7 Å². The number of benzene rings is 1. The number of hydrogen-bond acceptors (Lipinski definition) is 2.